The third-order valence-corrected chi connectivity index (χ3v) is 8.82. The maximum Gasteiger partial charge on any atom is 2.00 e. The Kier molecular flexibility index (Phi) is 6.34. The third-order valence-electron chi connectivity index (χ3n) is 8.82. The van der Waals surface area contributed by atoms with Crippen molar-refractivity contribution in [2.75, 3.05) is 0 Å². The molecule has 8 bridgehead atoms. The largest absolute Gasteiger partial charge is 2.00 e. The van der Waals surface area contributed by atoms with Gasteiger partial charge < -0.3 is 0 Å². The average Bonchev–Trinajstić information content (AvgIpc) is 3.62. The summed E-state index contributed by atoms with van der Waals surface area (Å²) in [6, 6.07) is 45.8. The maximum atomic E-state index is 5.46. The van der Waals surface area contributed by atoms with Crippen LogP contribution in [-0.2, 0) is 31.9 Å². The summed E-state index contributed by atoms with van der Waals surface area (Å²) in [6.07, 6.45) is 0. The summed E-state index contributed by atoms with van der Waals surface area (Å²) in [6.45, 7) is 8.96. The van der Waals surface area contributed by atoms with Crippen LogP contribution >= 0.6 is 0 Å². The van der Waals surface area contributed by atoms with Gasteiger partial charge in [0, 0.05) is 22.2 Å². The molecular weight excluding hydrogens is 708 g/mol. The number of benzene rings is 5. The van der Waals surface area contributed by atoms with E-state index in [1.807, 2.05) is 0 Å². The SMILES string of the molecule is CC1(C)c2[c-]c(ccc2)-c2[c-]c(ccc2)C(C)(C)c2nc3c4nc1n(-c1ccccc1)c4ccc3n2-c1ccccc1.[Pt+2]. The summed E-state index contributed by atoms with van der Waals surface area (Å²) in [4.78, 5) is 10.9. The second-order valence-corrected chi connectivity index (χ2v) is 12.2. The number of rotatable bonds is 2. The zero-order valence-electron chi connectivity index (χ0n) is 24.5. The second-order valence-electron chi connectivity index (χ2n) is 12.2. The van der Waals surface area contributed by atoms with Crippen molar-refractivity contribution in [2.24, 2.45) is 0 Å². The second kappa shape index (κ2) is 9.89. The molecular formula is C38H30N4Pt. The quantitative estimate of drug-likeness (QED) is 0.167. The summed E-state index contributed by atoms with van der Waals surface area (Å²) in [5.41, 5.74) is 9.32. The number of fused-ring (bicyclic) bond motifs is 7. The van der Waals surface area contributed by atoms with Crippen molar-refractivity contribution in [1.82, 2.24) is 19.1 Å². The zero-order chi connectivity index (χ0) is 28.6. The molecule has 0 saturated carbocycles. The van der Waals surface area contributed by atoms with Gasteiger partial charge in [0.1, 0.15) is 22.7 Å². The van der Waals surface area contributed by atoms with E-state index in [1.54, 1.807) is 0 Å². The molecule has 1 aliphatic heterocycles. The first kappa shape index (κ1) is 27.6. The van der Waals surface area contributed by atoms with Gasteiger partial charge in [-0.2, -0.15) is 36.4 Å². The van der Waals surface area contributed by atoms with Crippen LogP contribution in [0.1, 0.15) is 50.5 Å². The molecule has 0 radical (unpaired) electrons. The third kappa shape index (κ3) is 4.07. The molecule has 212 valence electrons. The van der Waals surface area contributed by atoms with E-state index in [2.05, 4.69) is 158 Å². The summed E-state index contributed by atoms with van der Waals surface area (Å²) in [5.74, 6) is 1.91. The molecule has 0 fully saturated rings. The van der Waals surface area contributed by atoms with Crippen LogP contribution in [0.4, 0.5) is 0 Å². The molecule has 0 aliphatic carbocycles. The number of para-hydroxylation sites is 2. The monoisotopic (exact) mass is 737 g/mol. The van der Waals surface area contributed by atoms with Crippen LogP contribution in [0.5, 0.6) is 0 Å². The normalized spacial score (nSPS) is 14.7. The Morgan fingerprint density at radius 2 is 0.884 bits per heavy atom. The molecule has 0 spiro atoms. The molecule has 0 N–H and O–H groups in total. The number of imidazole rings is 2. The van der Waals surface area contributed by atoms with Gasteiger partial charge in [-0.1, -0.05) is 64.1 Å². The van der Waals surface area contributed by atoms with Crippen molar-refractivity contribution in [3.05, 3.63) is 144 Å². The summed E-state index contributed by atoms with van der Waals surface area (Å²) < 4.78 is 4.60. The fourth-order valence-electron chi connectivity index (χ4n) is 6.42. The van der Waals surface area contributed by atoms with Gasteiger partial charge in [0.2, 0.25) is 0 Å². The molecule has 2 aromatic heterocycles. The Hall–Kier alpha value is -4.27. The van der Waals surface area contributed by atoms with E-state index in [0.717, 1.165) is 67.3 Å². The molecule has 5 aromatic carbocycles. The smallest absolute Gasteiger partial charge is 0.296 e. The molecule has 0 unspecified atom stereocenters. The van der Waals surface area contributed by atoms with E-state index >= 15 is 0 Å². The van der Waals surface area contributed by atoms with Gasteiger partial charge in [0.25, 0.3) is 0 Å². The van der Waals surface area contributed by atoms with E-state index in [-0.39, 0.29) is 21.1 Å². The van der Waals surface area contributed by atoms with Gasteiger partial charge in [-0.25, -0.2) is 21.1 Å². The minimum absolute atomic E-state index is 0. The summed E-state index contributed by atoms with van der Waals surface area (Å²) in [7, 11) is 0. The number of hydrogen-bond acceptors (Lipinski definition) is 2. The summed E-state index contributed by atoms with van der Waals surface area (Å²) in [5, 5.41) is 0. The Morgan fingerprint density at radius 3 is 1.28 bits per heavy atom. The molecule has 1 aliphatic rings. The first-order chi connectivity index (χ1) is 20.3. The van der Waals surface area contributed by atoms with Crippen molar-refractivity contribution >= 4 is 22.1 Å². The van der Waals surface area contributed by atoms with E-state index < -0.39 is 10.8 Å². The number of hydrogen-bond donors (Lipinski definition) is 0. The Balaban J connectivity index is 0.00000300. The molecule has 5 heteroatoms. The van der Waals surface area contributed by atoms with E-state index in [9.17, 15) is 0 Å². The van der Waals surface area contributed by atoms with Gasteiger partial charge in [-0.15, -0.1) is 23.3 Å². The standard InChI is InChI=1S/C38H30N4.Pt/c1-37(2)27-15-11-13-25(23-27)26-14-12-16-28(24-26)38(3,4)36-40-34-32(42(36)30-19-9-6-10-20-30)22-21-31-33(34)39-35(37)41(31)29-17-7-5-8-18-29;/h5-22H,1-4H3;/q-2;+2. The number of nitrogens with zero attached hydrogens (tertiary/aromatic N) is 4. The maximum absolute atomic E-state index is 5.46. The molecule has 3 heterocycles. The topological polar surface area (TPSA) is 35.6 Å². The molecule has 7 aromatic rings. The first-order valence-electron chi connectivity index (χ1n) is 14.5. The van der Waals surface area contributed by atoms with Crippen molar-refractivity contribution in [3.8, 4) is 22.5 Å². The predicted molar refractivity (Wildman–Crippen MR) is 170 cm³/mol. The zero-order valence-corrected chi connectivity index (χ0v) is 26.8. The Labute approximate surface area is 266 Å². The van der Waals surface area contributed by atoms with E-state index in [4.69, 9.17) is 9.97 Å². The fraction of sp³-hybridized carbons (Fsp3) is 0.158. The molecule has 0 amide bonds. The van der Waals surface area contributed by atoms with Crippen LogP contribution in [0.15, 0.2) is 109 Å². The van der Waals surface area contributed by atoms with E-state index in [0.29, 0.717) is 0 Å². The minimum Gasteiger partial charge on any atom is -0.296 e. The van der Waals surface area contributed by atoms with E-state index in [1.165, 1.54) is 0 Å². The van der Waals surface area contributed by atoms with Gasteiger partial charge >= 0.3 is 21.1 Å². The predicted octanol–water partition coefficient (Wildman–Crippen LogP) is 8.59. The molecule has 4 nitrogen and oxygen atoms in total. The average molecular weight is 738 g/mol. The number of aromatic nitrogens is 4. The van der Waals surface area contributed by atoms with Crippen molar-refractivity contribution in [1.29, 1.82) is 0 Å². The van der Waals surface area contributed by atoms with Crippen LogP contribution in [0.25, 0.3) is 44.6 Å². The van der Waals surface area contributed by atoms with Crippen molar-refractivity contribution in [3.63, 3.8) is 0 Å². The Bertz CT molecular complexity index is 1980. The van der Waals surface area contributed by atoms with Crippen LogP contribution in [0, 0.1) is 12.1 Å². The molecule has 43 heavy (non-hydrogen) atoms. The van der Waals surface area contributed by atoms with Crippen molar-refractivity contribution in [2.45, 2.75) is 38.5 Å². The van der Waals surface area contributed by atoms with Crippen LogP contribution in [-0.4, -0.2) is 19.1 Å². The van der Waals surface area contributed by atoms with Gasteiger partial charge in [-0.3, -0.25) is 9.13 Å². The summed E-state index contributed by atoms with van der Waals surface area (Å²) >= 11 is 0. The molecule has 0 saturated heterocycles. The van der Waals surface area contributed by atoms with Gasteiger partial charge in [0.05, 0.1) is 11.0 Å². The van der Waals surface area contributed by atoms with Crippen LogP contribution < -0.4 is 0 Å². The first-order valence-corrected chi connectivity index (χ1v) is 14.5. The van der Waals surface area contributed by atoms with Gasteiger partial charge in [-0.05, 0) is 36.4 Å². The van der Waals surface area contributed by atoms with Crippen molar-refractivity contribution < 1.29 is 21.1 Å². The van der Waals surface area contributed by atoms with Crippen LogP contribution in [0.2, 0.25) is 0 Å². The minimum atomic E-state index is -0.455. The fourth-order valence-corrected chi connectivity index (χ4v) is 6.42. The Morgan fingerprint density at radius 1 is 0.488 bits per heavy atom. The molecule has 8 rings (SSSR count). The van der Waals surface area contributed by atoms with Gasteiger partial charge in [0.15, 0.2) is 0 Å². The molecule has 0 atom stereocenters. The van der Waals surface area contributed by atoms with Crippen LogP contribution in [0.3, 0.4) is 0 Å².